The minimum Gasteiger partial charge on any atom is -0.457 e. The molecule has 0 radical (unpaired) electrons. The van der Waals surface area contributed by atoms with E-state index in [4.69, 9.17) is 16.3 Å². The fraction of sp³-hybridized carbons (Fsp3) is 0.235. The van der Waals surface area contributed by atoms with Crippen molar-refractivity contribution in [2.24, 2.45) is 0 Å². The predicted molar refractivity (Wildman–Crippen MR) is 173 cm³/mol. The van der Waals surface area contributed by atoms with Gasteiger partial charge in [0.2, 0.25) is 11.8 Å². The van der Waals surface area contributed by atoms with Crippen molar-refractivity contribution in [3.63, 3.8) is 0 Å². The number of ether oxygens (including phenoxy) is 1. The first-order valence-corrected chi connectivity index (χ1v) is 16.2. The van der Waals surface area contributed by atoms with Crippen LogP contribution in [-0.2, 0) is 26.2 Å². The fourth-order valence-corrected chi connectivity index (χ4v) is 5.95. The first-order valence-electron chi connectivity index (χ1n) is 14.3. The second-order valence-electron chi connectivity index (χ2n) is 10.4. The van der Waals surface area contributed by atoms with Crippen LogP contribution in [-0.4, -0.2) is 43.8 Å². The third-order valence-electron chi connectivity index (χ3n) is 7.15. The summed E-state index contributed by atoms with van der Waals surface area (Å²) in [5, 5.41) is 3.46. The molecule has 0 saturated heterocycles. The van der Waals surface area contributed by atoms with E-state index in [1.165, 1.54) is 17.0 Å². The number of benzene rings is 4. The number of hydrogen-bond acceptors (Lipinski definition) is 5. The molecule has 0 aromatic heterocycles. The molecule has 0 spiro atoms. The van der Waals surface area contributed by atoms with Crippen LogP contribution in [0.25, 0.3) is 0 Å². The molecule has 0 aliphatic heterocycles. The standard InChI is InChI=1S/C34H36ClN3O5S/c1-4-25(2)36-34(40)26(3)37(23-27-15-17-28(35)18-16-27)33(39)24-38(44(41,42)32-13-9-6-10-14-32)29-19-21-31(22-20-29)43-30-11-7-5-8-12-30/h5-22,25-26H,4,23-24H2,1-3H3,(H,36,40)/t25-,26+/m0/s1. The fourth-order valence-electron chi connectivity index (χ4n) is 4.39. The molecule has 230 valence electrons. The van der Waals surface area contributed by atoms with E-state index in [0.717, 1.165) is 16.3 Å². The lowest BCUT2D eigenvalue weighted by atomic mass is 10.1. The summed E-state index contributed by atoms with van der Waals surface area (Å²) < 4.78 is 34.9. The summed E-state index contributed by atoms with van der Waals surface area (Å²) >= 11 is 6.07. The lowest BCUT2D eigenvalue weighted by Gasteiger charge is -2.32. The van der Waals surface area contributed by atoms with E-state index in [-0.39, 0.29) is 29.1 Å². The molecule has 0 aliphatic rings. The highest BCUT2D eigenvalue weighted by Crippen LogP contribution is 2.28. The van der Waals surface area contributed by atoms with E-state index >= 15 is 0 Å². The molecule has 0 saturated carbocycles. The molecule has 0 fully saturated rings. The first-order chi connectivity index (χ1) is 21.1. The molecule has 2 amide bonds. The molecular formula is C34H36ClN3O5S. The van der Waals surface area contributed by atoms with Crippen molar-refractivity contribution in [1.29, 1.82) is 0 Å². The second kappa shape index (κ2) is 14.9. The SMILES string of the molecule is CC[C@H](C)NC(=O)[C@@H](C)N(Cc1ccc(Cl)cc1)C(=O)CN(c1ccc(Oc2ccccc2)cc1)S(=O)(=O)c1ccccc1. The van der Waals surface area contributed by atoms with Crippen molar-refractivity contribution >= 4 is 39.1 Å². The molecule has 0 bridgehead atoms. The zero-order chi connectivity index (χ0) is 31.7. The summed E-state index contributed by atoms with van der Waals surface area (Å²) in [5.41, 5.74) is 1.01. The van der Waals surface area contributed by atoms with Gasteiger partial charge in [0, 0.05) is 17.6 Å². The highest BCUT2D eigenvalue weighted by molar-refractivity contribution is 7.92. The van der Waals surface area contributed by atoms with Crippen LogP contribution in [0.3, 0.4) is 0 Å². The zero-order valence-electron chi connectivity index (χ0n) is 24.9. The highest BCUT2D eigenvalue weighted by Gasteiger charge is 2.32. The molecule has 4 aromatic rings. The van der Waals surface area contributed by atoms with Gasteiger partial charge in [-0.3, -0.25) is 13.9 Å². The summed E-state index contributed by atoms with van der Waals surface area (Å²) in [7, 11) is -4.17. The molecule has 0 aliphatic carbocycles. The van der Waals surface area contributed by atoms with Crippen LogP contribution in [0.1, 0.15) is 32.8 Å². The minimum absolute atomic E-state index is 0.0317. The third-order valence-corrected chi connectivity index (χ3v) is 9.19. The monoisotopic (exact) mass is 633 g/mol. The van der Waals surface area contributed by atoms with Crippen molar-refractivity contribution < 1.29 is 22.7 Å². The Balaban J connectivity index is 1.68. The van der Waals surface area contributed by atoms with Gasteiger partial charge in [0.05, 0.1) is 10.6 Å². The second-order valence-corrected chi connectivity index (χ2v) is 12.7. The van der Waals surface area contributed by atoms with E-state index in [1.807, 2.05) is 44.2 Å². The maximum atomic E-state index is 14.1. The number of sulfonamides is 1. The van der Waals surface area contributed by atoms with Gasteiger partial charge in [-0.1, -0.05) is 67.1 Å². The number of para-hydroxylation sites is 1. The Labute approximate surface area is 264 Å². The smallest absolute Gasteiger partial charge is 0.264 e. The lowest BCUT2D eigenvalue weighted by molar-refractivity contribution is -0.139. The average Bonchev–Trinajstić information content (AvgIpc) is 3.04. The third kappa shape index (κ3) is 8.39. The summed E-state index contributed by atoms with van der Waals surface area (Å²) in [6, 6.07) is 29.6. The van der Waals surface area contributed by atoms with Gasteiger partial charge in [0.25, 0.3) is 10.0 Å². The van der Waals surface area contributed by atoms with Gasteiger partial charge < -0.3 is 15.0 Å². The summed E-state index contributed by atoms with van der Waals surface area (Å²) in [5.74, 6) is 0.257. The van der Waals surface area contributed by atoms with Crippen LogP contribution in [0.4, 0.5) is 5.69 Å². The summed E-state index contributed by atoms with van der Waals surface area (Å²) in [4.78, 5) is 28.7. The maximum Gasteiger partial charge on any atom is 0.264 e. The molecule has 4 rings (SSSR count). The van der Waals surface area contributed by atoms with E-state index in [2.05, 4.69) is 5.32 Å². The molecule has 0 unspecified atom stereocenters. The number of amides is 2. The van der Waals surface area contributed by atoms with Crippen molar-refractivity contribution in [2.75, 3.05) is 10.8 Å². The zero-order valence-corrected chi connectivity index (χ0v) is 26.5. The largest absolute Gasteiger partial charge is 0.457 e. The molecule has 4 aromatic carbocycles. The number of rotatable bonds is 13. The van der Waals surface area contributed by atoms with Crippen LogP contribution in [0.2, 0.25) is 5.02 Å². The Morgan fingerprint density at radius 3 is 1.98 bits per heavy atom. The van der Waals surface area contributed by atoms with Gasteiger partial charge in [-0.2, -0.15) is 0 Å². The Hall–Kier alpha value is -4.34. The van der Waals surface area contributed by atoms with Crippen molar-refractivity contribution in [3.8, 4) is 11.5 Å². The Morgan fingerprint density at radius 2 is 1.39 bits per heavy atom. The molecule has 10 heteroatoms. The average molecular weight is 634 g/mol. The van der Waals surface area contributed by atoms with Gasteiger partial charge in [-0.25, -0.2) is 8.42 Å². The van der Waals surface area contributed by atoms with E-state index in [9.17, 15) is 18.0 Å². The Morgan fingerprint density at radius 1 is 0.818 bits per heavy atom. The molecule has 0 heterocycles. The Kier molecular flexibility index (Phi) is 11.0. The number of carbonyl (C=O) groups excluding carboxylic acids is 2. The number of halogens is 1. The van der Waals surface area contributed by atoms with Crippen molar-refractivity contribution in [2.45, 2.75) is 50.7 Å². The van der Waals surface area contributed by atoms with Crippen LogP contribution in [0.5, 0.6) is 11.5 Å². The highest BCUT2D eigenvalue weighted by atomic mass is 35.5. The maximum absolute atomic E-state index is 14.1. The number of hydrogen-bond donors (Lipinski definition) is 1. The van der Waals surface area contributed by atoms with Crippen LogP contribution in [0.15, 0.2) is 114 Å². The van der Waals surface area contributed by atoms with Gasteiger partial charge in [-0.05, 0) is 86.5 Å². The van der Waals surface area contributed by atoms with Gasteiger partial charge >= 0.3 is 0 Å². The van der Waals surface area contributed by atoms with E-state index in [1.54, 1.807) is 73.7 Å². The van der Waals surface area contributed by atoms with Gasteiger partial charge in [0.1, 0.15) is 24.1 Å². The number of nitrogens with zero attached hydrogens (tertiary/aromatic N) is 2. The van der Waals surface area contributed by atoms with Crippen LogP contribution in [0, 0.1) is 0 Å². The molecule has 8 nitrogen and oxygen atoms in total. The van der Waals surface area contributed by atoms with Crippen molar-refractivity contribution in [3.05, 3.63) is 120 Å². The predicted octanol–water partition coefficient (Wildman–Crippen LogP) is 6.66. The normalized spacial score (nSPS) is 12.5. The molecule has 2 atom stereocenters. The van der Waals surface area contributed by atoms with Crippen molar-refractivity contribution in [1.82, 2.24) is 10.2 Å². The summed E-state index contributed by atoms with van der Waals surface area (Å²) in [6.45, 7) is 5.01. The lowest BCUT2D eigenvalue weighted by Crippen LogP contribution is -2.52. The number of nitrogens with one attached hydrogen (secondary N) is 1. The van der Waals surface area contributed by atoms with E-state index < -0.39 is 28.5 Å². The van der Waals surface area contributed by atoms with Gasteiger partial charge in [0.15, 0.2) is 0 Å². The first kappa shape index (κ1) is 32.6. The topological polar surface area (TPSA) is 96.0 Å². The number of anilines is 1. The molecule has 1 N–H and O–H groups in total. The number of carbonyl (C=O) groups is 2. The molecular weight excluding hydrogens is 598 g/mol. The Bertz CT molecular complexity index is 1630. The van der Waals surface area contributed by atoms with Crippen LogP contribution >= 0.6 is 11.6 Å². The summed E-state index contributed by atoms with van der Waals surface area (Å²) in [6.07, 6.45) is 0.719. The van der Waals surface area contributed by atoms with Crippen LogP contribution < -0.4 is 14.4 Å². The molecule has 44 heavy (non-hydrogen) atoms. The van der Waals surface area contributed by atoms with Gasteiger partial charge in [-0.15, -0.1) is 0 Å². The minimum atomic E-state index is -4.17. The quantitative estimate of drug-likeness (QED) is 0.178. The van der Waals surface area contributed by atoms with E-state index in [0.29, 0.717) is 16.5 Å².